The lowest BCUT2D eigenvalue weighted by Gasteiger charge is -2.36. The quantitative estimate of drug-likeness (QED) is 0.673. The molecule has 0 aromatic heterocycles. The molecule has 0 saturated carbocycles. The molecule has 2 nitrogen and oxygen atoms in total. The molecule has 0 bridgehead atoms. The van der Waals surface area contributed by atoms with Crippen LogP contribution < -0.4 is 0 Å². The number of nitrogens with zero attached hydrogens (tertiary/aromatic N) is 1. The van der Waals surface area contributed by atoms with E-state index in [-0.39, 0.29) is 6.61 Å². The third-order valence-electron chi connectivity index (χ3n) is 2.96. The van der Waals surface area contributed by atoms with Gasteiger partial charge >= 0.3 is 0 Å². The fourth-order valence-electron chi connectivity index (χ4n) is 1.94. The second-order valence-corrected chi connectivity index (χ2v) is 4.24. The predicted octanol–water partition coefficient (Wildman–Crippen LogP) is 1.66. The van der Waals surface area contributed by atoms with Gasteiger partial charge in [-0.25, -0.2) is 0 Å². The van der Waals surface area contributed by atoms with Crippen LogP contribution in [0.3, 0.4) is 0 Å². The largest absolute Gasteiger partial charge is 0.392 e. The summed E-state index contributed by atoms with van der Waals surface area (Å²) in [6.45, 7) is 10.8. The van der Waals surface area contributed by atoms with Crippen molar-refractivity contribution >= 4 is 0 Å². The van der Waals surface area contributed by atoms with Crippen LogP contribution in [0.5, 0.6) is 0 Å². The number of rotatable bonds is 3. The van der Waals surface area contributed by atoms with Crippen molar-refractivity contribution in [1.29, 1.82) is 0 Å². The van der Waals surface area contributed by atoms with Gasteiger partial charge in [0.05, 0.1) is 6.61 Å². The summed E-state index contributed by atoms with van der Waals surface area (Å²) in [7, 11) is 0. The fourth-order valence-corrected chi connectivity index (χ4v) is 1.94. The van der Waals surface area contributed by atoms with Gasteiger partial charge in [-0.2, -0.15) is 0 Å². The molecule has 1 rings (SSSR count). The summed E-state index contributed by atoms with van der Waals surface area (Å²) in [5.41, 5.74) is 1.00. The summed E-state index contributed by atoms with van der Waals surface area (Å²) in [5, 5.41) is 8.99. The van der Waals surface area contributed by atoms with E-state index in [0.29, 0.717) is 12.0 Å². The number of aliphatic hydroxyl groups is 1. The van der Waals surface area contributed by atoms with Gasteiger partial charge in [-0.05, 0) is 44.7 Å². The van der Waals surface area contributed by atoms with E-state index in [1.807, 2.05) is 0 Å². The molecule has 0 radical (unpaired) electrons. The molecule has 1 aliphatic heterocycles. The molecule has 0 spiro atoms. The SMILES string of the molecule is C=C(CO)C1CCCN(C(C)C)C1. The highest BCUT2D eigenvalue weighted by Gasteiger charge is 2.22. The normalized spacial score (nSPS) is 25.1. The Balaban J connectivity index is 2.46. The molecule has 76 valence electrons. The van der Waals surface area contributed by atoms with Crippen molar-refractivity contribution in [3.8, 4) is 0 Å². The van der Waals surface area contributed by atoms with E-state index < -0.39 is 0 Å². The van der Waals surface area contributed by atoms with Crippen molar-refractivity contribution in [2.45, 2.75) is 32.7 Å². The zero-order valence-corrected chi connectivity index (χ0v) is 8.79. The molecule has 0 aliphatic carbocycles. The van der Waals surface area contributed by atoms with E-state index in [4.69, 9.17) is 5.11 Å². The topological polar surface area (TPSA) is 23.5 Å². The van der Waals surface area contributed by atoms with Gasteiger partial charge in [-0.15, -0.1) is 0 Å². The number of aliphatic hydroxyl groups excluding tert-OH is 1. The maximum Gasteiger partial charge on any atom is 0.0642 e. The molecule has 1 unspecified atom stereocenters. The first-order chi connectivity index (χ1) is 6.15. The Labute approximate surface area is 81.2 Å². The van der Waals surface area contributed by atoms with Gasteiger partial charge in [0, 0.05) is 12.6 Å². The van der Waals surface area contributed by atoms with Crippen molar-refractivity contribution in [1.82, 2.24) is 4.90 Å². The molecule has 0 aromatic rings. The first kappa shape index (κ1) is 10.7. The average molecular weight is 183 g/mol. The molecule has 0 amide bonds. The minimum atomic E-state index is 0.149. The van der Waals surface area contributed by atoms with Gasteiger partial charge in [-0.1, -0.05) is 6.58 Å². The smallest absolute Gasteiger partial charge is 0.0642 e. The first-order valence-corrected chi connectivity index (χ1v) is 5.17. The van der Waals surface area contributed by atoms with Gasteiger partial charge in [0.2, 0.25) is 0 Å². The average Bonchev–Trinajstić information content (AvgIpc) is 2.17. The van der Waals surface area contributed by atoms with E-state index in [1.54, 1.807) is 0 Å². The van der Waals surface area contributed by atoms with Crippen LogP contribution in [0, 0.1) is 5.92 Å². The summed E-state index contributed by atoms with van der Waals surface area (Å²) in [6.07, 6.45) is 2.43. The molecule has 1 atom stereocenters. The Morgan fingerprint density at radius 2 is 2.31 bits per heavy atom. The standard InChI is InChI=1S/C11H21NO/c1-9(2)12-6-4-5-11(7-12)10(3)8-13/h9,11,13H,3-8H2,1-2H3. The van der Waals surface area contributed by atoms with Crippen molar-refractivity contribution < 1.29 is 5.11 Å². The number of likely N-dealkylation sites (tertiary alicyclic amines) is 1. The van der Waals surface area contributed by atoms with Crippen LogP contribution in [0.2, 0.25) is 0 Å². The second kappa shape index (κ2) is 4.77. The van der Waals surface area contributed by atoms with E-state index in [0.717, 1.165) is 12.1 Å². The zero-order chi connectivity index (χ0) is 9.84. The highest BCUT2D eigenvalue weighted by Crippen LogP contribution is 2.23. The third-order valence-corrected chi connectivity index (χ3v) is 2.96. The van der Waals surface area contributed by atoms with Crippen LogP contribution in [0.4, 0.5) is 0 Å². The van der Waals surface area contributed by atoms with Crippen LogP contribution >= 0.6 is 0 Å². The zero-order valence-electron chi connectivity index (χ0n) is 8.79. The summed E-state index contributed by atoms with van der Waals surface area (Å²) < 4.78 is 0. The Kier molecular flexibility index (Phi) is 3.94. The molecule has 1 N–H and O–H groups in total. The Morgan fingerprint density at radius 3 is 2.85 bits per heavy atom. The van der Waals surface area contributed by atoms with Crippen molar-refractivity contribution in [2.24, 2.45) is 5.92 Å². The Hall–Kier alpha value is -0.340. The summed E-state index contributed by atoms with van der Waals surface area (Å²) >= 11 is 0. The number of piperidine rings is 1. The molecule has 1 aliphatic rings. The summed E-state index contributed by atoms with van der Waals surface area (Å²) in [6, 6.07) is 0.620. The van der Waals surface area contributed by atoms with Crippen LogP contribution in [0.25, 0.3) is 0 Å². The highest BCUT2D eigenvalue weighted by molar-refractivity contribution is 5.03. The highest BCUT2D eigenvalue weighted by atomic mass is 16.3. The van der Waals surface area contributed by atoms with Crippen LogP contribution in [0.15, 0.2) is 12.2 Å². The molecule has 13 heavy (non-hydrogen) atoms. The maximum atomic E-state index is 8.99. The van der Waals surface area contributed by atoms with Crippen molar-refractivity contribution in [3.05, 3.63) is 12.2 Å². The first-order valence-electron chi connectivity index (χ1n) is 5.17. The fraction of sp³-hybridized carbons (Fsp3) is 0.818. The molecule has 1 heterocycles. The maximum absolute atomic E-state index is 8.99. The van der Waals surface area contributed by atoms with Crippen LogP contribution in [0.1, 0.15) is 26.7 Å². The third kappa shape index (κ3) is 2.82. The van der Waals surface area contributed by atoms with E-state index >= 15 is 0 Å². The molecule has 2 heteroatoms. The lowest BCUT2D eigenvalue weighted by atomic mass is 9.91. The molecule has 0 aromatic carbocycles. The monoisotopic (exact) mass is 183 g/mol. The lowest BCUT2D eigenvalue weighted by Crippen LogP contribution is -2.40. The number of hydrogen-bond acceptors (Lipinski definition) is 2. The van der Waals surface area contributed by atoms with Gasteiger partial charge in [0.25, 0.3) is 0 Å². The van der Waals surface area contributed by atoms with E-state index in [2.05, 4.69) is 25.3 Å². The van der Waals surface area contributed by atoms with Gasteiger partial charge in [0.15, 0.2) is 0 Å². The molecule has 1 saturated heterocycles. The molecule has 1 fully saturated rings. The van der Waals surface area contributed by atoms with Gasteiger partial charge in [0.1, 0.15) is 0 Å². The minimum Gasteiger partial charge on any atom is -0.392 e. The van der Waals surface area contributed by atoms with Gasteiger partial charge in [-0.3, -0.25) is 0 Å². The molecular formula is C11H21NO. The van der Waals surface area contributed by atoms with Gasteiger partial charge < -0.3 is 10.0 Å². The summed E-state index contributed by atoms with van der Waals surface area (Å²) in [5.74, 6) is 0.515. The van der Waals surface area contributed by atoms with E-state index in [1.165, 1.54) is 19.4 Å². The van der Waals surface area contributed by atoms with Crippen LogP contribution in [-0.4, -0.2) is 35.7 Å². The van der Waals surface area contributed by atoms with Crippen molar-refractivity contribution in [2.75, 3.05) is 19.7 Å². The van der Waals surface area contributed by atoms with Crippen molar-refractivity contribution in [3.63, 3.8) is 0 Å². The predicted molar refractivity (Wildman–Crippen MR) is 55.7 cm³/mol. The molecular weight excluding hydrogens is 162 g/mol. The van der Waals surface area contributed by atoms with E-state index in [9.17, 15) is 0 Å². The second-order valence-electron chi connectivity index (χ2n) is 4.24. The Morgan fingerprint density at radius 1 is 1.62 bits per heavy atom. The summed E-state index contributed by atoms with van der Waals surface area (Å²) in [4.78, 5) is 2.47. The van der Waals surface area contributed by atoms with Crippen LogP contribution in [-0.2, 0) is 0 Å². The number of hydrogen-bond donors (Lipinski definition) is 1. The Bertz CT molecular complexity index is 177. The minimum absolute atomic E-state index is 0.149. The lowest BCUT2D eigenvalue weighted by molar-refractivity contribution is 0.147.